The first-order valence-electron chi connectivity index (χ1n) is 4.25. The van der Waals surface area contributed by atoms with Crippen LogP contribution in [0.1, 0.15) is 17.9 Å². The maximum absolute atomic E-state index is 10.6. The van der Waals surface area contributed by atoms with Crippen molar-refractivity contribution >= 4 is 34.8 Å². The van der Waals surface area contributed by atoms with Gasteiger partial charge in [0.2, 0.25) is 0 Å². The van der Waals surface area contributed by atoms with Crippen molar-refractivity contribution in [1.82, 2.24) is 0 Å². The molecular weight excluding hydrogens is 242 g/mol. The Morgan fingerprint density at radius 2 is 1.71 bits per heavy atom. The topological polar surface area (TPSA) is 19.9 Å². The Balaban J connectivity index is 2.89. The van der Waals surface area contributed by atoms with E-state index in [1.165, 1.54) is 0 Å². The number of rotatable bonds is 3. The number of hydrogen-bond acceptors (Lipinski definition) is 0. The van der Waals surface area contributed by atoms with Crippen LogP contribution in [0.2, 0.25) is 0 Å². The first kappa shape index (κ1) is 12.1. The molecule has 77 valence electrons. The third-order valence-corrected chi connectivity index (χ3v) is 2.79. The number of benzene rings is 1. The summed E-state index contributed by atoms with van der Waals surface area (Å²) in [4.78, 5) is 0. The van der Waals surface area contributed by atoms with Crippen LogP contribution in [-0.2, 0) is 5.11 Å². The lowest BCUT2D eigenvalue weighted by Crippen LogP contribution is -2.18. The van der Waals surface area contributed by atoms with Gasteiger partial charge in [0.05, 0.1) is 6.61 Å². The molecule has 0 saturated carbocycles. The van der Waals surface area contributed by atoms with Crippen LogP contribution in [0.4, 0.5) is 0 Å². The number of halogens is 3. The molecule has 0 amide bonds. The lowest BCUT2D eigenvalue weighted by molar-refractivity contribution is 0.181. The van der Waals surface area contributed by atoms with Gasteiger partial charge in [-0.15, -0.1) is 0 Å². The van der Waals surface area contributed by atoms with Gasteiger partial charge < -0.3 is 0 Å². The monoisotopic (exact) mass is 251 g/mol. The van der Waals surface area contributed by atoms with Gasteiger partial charge >= 0.3 is 0 Å². The smallest absolute Gasteiger partial charge is 0.197 e. The van der Waals surface area contributed by atoms with Gasteiger partial charge in [-0.3, -0.25) is 0 Å². The van der Waals surface area contributed by atoms with E-state index in [2.05, 4.69) is 0 Å². The zero-order valence-electron chi connectivity index (χ0n) is 7.42. The molecular formula is C10H10Cl3O. The van der Waals surface area contributed by atoms with E-state index in [4.69, 9.17) is 34.8 Å². The van der Waals surface area contributed by atoms with E-state index in [0.29, 0.717) is 6.42 Å². The highest BCUT2D eigenvalue weighted by molar-refractivity contribution is 6.68. The van der Waals surface area contributed by atoms with Gasteiger partial charge in [-0.2, -0.15) is 0 Å². The van der Waals surface area contributed by atoms with Crippen molar-refractivity contribution in [3.8, 4) is 0 Å². The van der Waals surface area contributed by atoms with Crippen LogP contribution in [0.25, 0.3) is 0 Å². The van der Waals surface area contributed by atoms with Crippen molar-refractivity contribution in [2.24, 2.45) is 0 Å². The Morgan fingerprint density at radius 1 is 1.14 bits per heavy atom. The fourth-order valence-corrected chi connectivity index (χ4v) is 2.03. The van der Waals surface area contributed by atoms with Gasteiger partial charge in [0.1, 0.15) is 0 Å². The van der Waals surface area contributed by atoms with E-state index in [1.54, 1.807) is 0 Å². The van der Waals surface area contributed by atoms with Gasteiger partial charge in [-0.1, -0.05) is 65.1 Å². The van der Waals surface area contributed by atoms with Crippen LogP contribution < -0.4 is 0 Å². The molecule has 0 bridgehead atoms. The summed E-state index contributed by atoms with van der Waals surface area (Å²) in [5, 5.41) is 10.6. The lowest BCUT2D eigenvalue weighted by atomic mass is 9.98. The zero-order valence-corrected chi connectivity index (χ0v) is 9.69. The average molecular weight is 253 g/mol. The summed E-state index contributed by atoms with van der Waals surface area (Å²) in [6.07, 6.45) is 0.334. The molecule has 1 nitrogen and oxygen atoms in total. The molecule has 0 aromatic heterocycles. The van der Waals surface area contributed by atoms with E-state index in [0.717, 1.165) is 5.56 Å². The normalized spacial score (nSPS) is 14.0. The molecule has 14 heavy (non-hydrogen) atoms. The molecule has 1 rings (SSSR count). The molecule has 0 aliphatic carbocycles. The van der Waals surface area contributed by atoms with Crippen LogP contribution >= 0.6 is 34.8 Å². The van der Waals surface area contributed by atoms with Crippen LogP contribution in [0.15, 0.2) is 30.3 Å². The maximum atomic E-state index is 10.6. The average Bonchev–Trinajstić information content (AvgIpc) is 2.14. The van der Waals surface area contributed by atoms with E-state index in [-0.39, 0.29) is 12.5 Å². The number of hydrogen-bond donors (Lipinski definition) is 0. The van der Waals surface area contributed by atoms with Gasteiger partial charge in [0, 0.05) is 5.92 Å². The van der Waals surface area contributed by atoms with Crippen LogP contribution in [-0.4, -0.2) is 10.4 Å². The van der Waals surface area contributed by atoms with Crippen LogP contribution in [0.3, 0.4) is 0 Å². The second kappa shape index (κ2) is 5.22. The van der Waals surface area contributed by atoms with E-state index < -0.39 is 3.79 Å². The molecule has 1 aromatic carbocycles. The summed E-state index contributed by atoms with van der Waals surface area (Å²) in [6, 6.07) is 9.34. The van der Waals surface area contributed by atoms with Crippen LogP contribution in [0, 0.1) is 0 Å². The first-order chi connectivity index (χ1) is 6.55. The molecule has 1 aromatic rings. The Morgan fingerprint density at radius 3 is 2.14 bits per heavy atom. The van der Waals surface area contributed by atoms with Crippen molar-refractivity contribution in [2.75, 3.05) is 6.61 Å². The predicted octanol–water partition coefficient (Wildman–Crippen LogP) is 3.96. The standard InChI is InChI=1S/C10H10Cl3O/c11-10(12,13)9(6-7-14)8-4-2-1-3-5-8/h1-5,9H,6-7H2. The molecule has 0 spiro atoms. The summed E-state index contributed by atoms with van der Waals surface area (Å²) in [5.41, 5.74) is 0.892. The number of alkyl halides is 3. The molecule has 0 heterocycles. The highest BCUT2D eigenvalue weighted by Gasteiger charge is 2.33. The van der Waals surface area contributed by atoms with Crippen molar-refractivity contribution in [1.29, 1.82) is 0 Å². The fourth-order valence-electron chi connectivity index (χ4n) is 1.32. The Kier molecular flexibility index (Phi) is 4.52. The van der Waals surface area contributed by atoms with Crippen molar-refractivity contribution < 1.29 is 5.11 Å². The van der Waals surface area contributed by atoms with E-state index in [9.17, 15) is 5.11 Å². The summed E-state index contributed by atoms with van der Waals surface area (Å²) >= 11 is 17.4. The SMILES string of the molecule is [O]CCC(c1ccccc1)C(Cl)(Cl)Cl. The molecule has 0 aliphatic heterocycles. The maximum Gasteiger partial charge on any atom is 0.197 e. The summed E-state index contributed by atoms with van der Waals surface area (Å²) in [7, 11) is 0. The molecule has 0 saturated heterocycles. The Bertz CT molecular complexity index is 268. The van der Waals surface area contributed by atoms with Crippen molar-refractivity contribution in [3.05, 3.63) is 35.9 Å². The van der Waals surface area contributed by atoms with E-state index >= 15 is 0 Å². The summed E-state index contributed by atoms with van der Waals surface area (Å²) in [5.74, 6) is -0.328. The Labute approximate surface area is 98.6 Å². The predicted molar refractivity (Wildman–Crippen MR) is 59.6 cm³/mol. The second-order valence-electron chi connectivity index (χ2n) is 3.00. The molecule has 0 aliphatic rings. The lowest BCUT2D eigenvalue weighted by Gasteiger charge is -2.23. The van der Waals surface area contributed by atoms with Gasteiger partial charge in [-0.05, 0) is 12.0 Å². The Hall–Kier alpha value is 0.0500. The highest BCUT2D eigenvalue weighted by atomic mass is 35.6. The quantitative estimate of drug-likeness (QED) is 0.726. The second-order valence-corrected chi connectivity index (χ2v) is 5.37. The van der Waals surface area contributed by atoms with Crippen molar-refractivity contribution in [3.63, 3.8) is 0 Å². The highest BCUT2D eigenvalue weighted by Crippen LogP contribution is 2.43. The zero-order chi connectivity index (χ0) is 10.6. The molecule has 1 unspecified atom stereocenters. The minimum Gasteiger partial charge on any atom is -0.237 e. The third kappa shape index (κ3) is 3.32. The minimum absolute atomic E-state index is 0.243. The molecule has 0 N–H and O–H groups in total. The van der Waals surface area contributed by atoms with Gasteiger partial charge in [0.15, 0.2) is 3.79 Å². The summed E-state index contributed by atoms with van der Waals surface area (Å²) < 4.78 is -1.41. The van der Waals surface area contributed by atoms with Crippen LogP contribution in [0.5, 0.6) is 0 Å². The largest absolute Gasteiger partial charge is 0.237 e. The molecule has 0 fully saturated rings. The summed E-state index contributed by atoms with van der Waals surface area (Å²) in [6.45, 7) is -0.243. The third-order valence-electron chi connectivity index (χ3n) is 2.00. The molecule has 1 atom stereocenters. The fraction of sp³-hybridized carbons (Fsp3) is 0.400. The molecule has 4 heteroatoms. The van der Waals surface area contributed by atoms with Gasteiger partial charge in [0.25, 0.3) is 0 Å². The van der Waals surface area contributed by atoms with Gasteiger partial charge in [-0.25, -0.2) is 5.11 Å². The molecule has 1 radical (unpaired) electrons. The minimum atomic E-state index is -1.41. The first-order valence-corrected chi connectivity index (χ1v) is 5.39. The van der Waals surface area contributed by atoms with E-state index in [1.807, 2.05) is 30.3 Å². The van der Waals surface area contributed by atoms with Crippen molar-refractivity contribution in [2.45, 2.75) is 16.1 Å².